The van der Waals surface area contributed by atoms with E-state index in [1.165, 1.54) is 27.8 Å². The Morgan fingerprint density at radius 2 is 2.00 bits per heavy atom. The molecule has 2 aromatic carbocycles. The predicted octanol–water partition coefficient (Wildman–Crippen LogP) is 4.14. The number of benzene rings is 2. The van der Waals surface area contributed by atoms with E-state index in [0.717, 1.165) is 25.8 Å². The number of aliphatic hydroxyl groups is 1. The van der Waals surface area contributed by atoms with Gasteiger partial charge in [-0.05, 0) is 72.9 Å². The second-order valence-electron chi connectivity index (χ2n) is 10.3. The highest BCUT2D eigenvalue weighted by molar-refractivity contribution is 5.91. The normalized spacial score (nSPS) is 22.1. The summed E-state index contributed by atoms with van der Waals surface area (Å²) >= 11 is 0. The summed E-state index contributed by atoms with van der Waals surface area (Å²) in [6.07, 6.45) is 5.82. The molecule has 1 fully saturated rings. The zero-order chi connectivity index (χ0) is 26.5. The molecule has 7 nitrogen and oxygen atoms in total. The minimum Gasteiger partial charge on any atom is -0.459 e. The lowest BCUT2D eigenvalue weighted by atomic mass is 9.78. The first-order valence-corrected chi connectivity index (χ1v) is 14.0. The third kappa shape index (κ3) is 5.49. The van der Waals surface area contributed by atoms with Crippen molar-refractivity contribution in [2.24, 2.45) is 5.92 Å². The Morgan fingerprint density at radius 3 is 2.79 bits per heavy atom. The summed E-state index contributed by atoms with van der Waals surface area (Å²) in [4.78, 5) is 27.0. The van der Waals surface area contributed by atoms with Crippen LogP contribution < -0.4 is 5.32 Å². The second-order valence-corrected chi connectivity index (χ2v) is 10.3. The van der Waals surface area contributed by atoms with Crippen LogP contribution in [-0.2, 0) is 25.5 Å². The fourth-order valence-electron chi connectivity index (χ4n) is 6.12. The monoisotopic (exact) mass is 518 g/mol. The first-order chi connectivity index (χ1) is 18.6. The molecule has 2 aromatic rings. The third-order valence-corrected chi connectivity index (χ3v) is 7.94. The Balaban J connectivity index is 1.39. The van der Waals surface area contributed by atoms with Crippen molar-refractivity contribution in [1.82, 2.24) is 10.2 Å². The molecule has 38 heavy (non-hydrogen) atoms. The molecule has 0 spiro atoms. The molecule has 1 aliphatic carbocycles. The summed E-state index contributed by atoms with van der Waals surface area (Å²) in [5.41, 5.74) is 6.30. The number of likely N-dealkylation sites (tertiary alicyclic amines) is 1. The van der Waals surface area contributed by atoms with Crippen LogP contribution >= 0.6 is 0 Å². The molecule has 202 valence electrons. The Morgan fingerprint density at radius 1 is 1.16 bits per heavy atom. The van der Waals surface area contributed by atoms with Crippen molar-refractivity contribution in [3.63, 3.8) is 0 Å². The topological polar surface area (TPSA) is 88.1 Å². The molecule has 7 heteroatoms. The Kier molecular flexibility index (Phi) is 8.45. The highest BCUT2D eigenvalue weighted by atomic mass is 16.7. The summed E-state index contributed by atoms with van der Waals surface area (Å²) in [5, 5.41) is 12.6. The zero-order valence-corrected chi connectivity index (χ0v) is 22.2. The molecule has 1 saturated heterocycles. The highest BCUT2D eigenvalue weighted by Gasteiger charge is 2.39. The van der Waals surface area contributed by atoms with E-state index < -0.39 is 6.29 Å². The molecule has 3 aliphatic rings. The number of rotatable bonds is 11. The van der Waals surface area contributed by atoms with Gasteiger partial charge in [0.1, 0.15) is 0 Å². The molecule has 2 amide bonds. The number of fused-ring (bicyclic) bond motifs is 3. The van der Waals surface area contributed by atoms with Crippen LogP contribution in [0.5, 0.6) is 0 Å². The van der Waals surface area contributed by atoms with Crippen molar-refractivity contribution in [2.75, 3.05) is 32.8 Å². The summed E-state index contributed by atoms with van der Waals surface area (Å²) < 4.78 is 12.2. The van der Waals surface area contributed by atoms with Crippen molar-refractivity contribution in [3.05, 3.63) is 71.0 Å². The van der Waals surface area contributed by atoms with Gasteiger partial charge in [-0.15, -0.1) is 0 Å². The van der Waals surface area contributed by atoms with Crippen molar-refractivity contribution in [1.29, 1.82) is 0 Å². The Labute approximate surface area is 224 Å². The van der Waals surface area contributed by atoms with Gasteiger partial charge in [0.2, 0.25) is 12.2 Å². The lowest BCUT2D eigenvalue weighted by Gasteiger charge is -2.37. The maximum atomic E-state index is 13.2. The molecular weight excluding hydrogens is 480 g/mol. The smallest absolute Gasteiger partial charge is 0.286 e. The molecule has 0 radical (unpaired) electrons. The van der Waals surface area contributed by atoms with Gasteiger partial charge in [0, 0.05) is 51.1 Å². The molecule has 0 bridgehead atoms. The fourth-order valence-corrected chi connectivity index (χ4v) is 6.12. The summed E-state index contributed by atoms with van der Waals surface area (Å²) in [6.45, 7) is 4.41. The average molecular weight is 519 g/mol. The number of aliphatic hydroxyl groups excluding tert-OH is 1. The predicted molar refractivity (Wildman–Crippen MR) is 145 cm³/mol. The van der Waals surface area contributed by atoms with Gasteiger partial charge in [0.15, 0.2) is 5.76 Å². The van der Waals surface area contributed by atoms with Crippen molar-refractivity contribution < 1.29 is 24.2 Å². The van der Waals surface area contributed by atoms with Gasteiger partial charge >= 0.3 is 0 Å². The van der Waals surface area contributed by atoms with E-state index in [1.807, 2.05) is 17.9 Å². The van der Waals surface area contributed by atoms with E-state index in [0.29, 0.717) is 39.0 Å². The summed E-state index contributed by atoms with van der Waals surface area (Å²) in [6, 6.07) is 14.9. The van der Waals surface area contributed by atoms with Crippen molar-refractivity contribution in [2.45, 2.75) is 57.7 Å². The van der Waals surface area contributed by atoms with E-state index in [2.05, 4.69) is 47.8 Å². The number of hydrogen-bond donors (Lipinski definition) is 2. The average Bonchev–Trinajstić information content (AvgIpc) is 3.52. The van der Waals surface area contributed by atoms with Crippen LogP contribution in [0.4, 0.5) is 0 Å². The van der Waals surface area contributed by atoms with E-state index in [9.17, 15) is 14.7 Å². The number of allylic oxidation sites excluding steroid dienone is 1. The van der Waals surface area contributed by atoms with E-state index in [4.69, 9.17) is 9.47 Å². The van der Waals surface area contributed by atoms with E-state index in [1.54, 1.807) is 0 Å². The number of carbonyl (C=O) groups excluding carboxylic acids is 2. The van der Waals surface area contributed by atoms with Gasteiger partial charge < -0.3 is 24.8 Å². The number of hydrogen-bond acceptors (Lipinski definition) is 5. The number of ether oxygens (including phenoxy) is 2. The minimum atomic E-state index is -0.579. The van der Waals surface area contributed by atoms with Crippen LogP contribution in [0.1, 0.15) is 61.6 Å². The molecular formula is C31H38N2O5. The lowest BCUT2D eigenvalue weighted by molar-refractivity contribution is -0.166. The quantitative estimate of drug-likeness (QED) is 0.373. The standard InChI is InChI=1S/C31H38N2O5/c1-2-37-31-25(13-7-18-34)27(24-12-5-11-23-22-10-4-3-9-21(22)19-26(23)24)20-28(38-31)30(36)32-15-8-17-33-16-6-14-29(33)35/h3-5,9-12,20,25,27,31,34H,2,6-8,13-19H2,1H3,(H,32,36)/t25-,27-,31-/m0/s1. The van der Waals surface area contributed by atoms with Crippen LogP contribution in [0.15, 0.2) is 54.3 Å². The van der Waals surface area contributed by atoms with Gasteiger partial charge in [-0.3, -0.25) is 9.59 Å². The van der Waals surface area contributed by atoms with Gasteiger partial charge in [0.05, 0.1) is 0 Å². The second kappa shape index (κ2) is 12.1. The molecule has 0 aromatic heterocycles. The molecule has 0 unspecified atom stereocenters. The SMILES string of the molecule is CCO[C@H]1OC(C(=O)NCCCN2CCCC2=O)=C[C@@H](c2cccc3c2Cc2ccccc2-3)[C@@H]1CCCO. The summed E-state index contributed by atoms with van der Waals surface area (Å²) in [5.74, 6) is 0.0978. The lowest BCUT2D eigenvalue weighted by Crippen LogP contribution is -2.39. The number of carbonyl (C=O) groups is 2. The first-order valence-electron chi connectivity index (χ1n) is 14.0. The molecule has 3 atom stereocenters. The Bertz CT molecular complexity index is 1190. The third-order valence-electron chi connectivity index (χ3n) is 7.94. The molecule has 0 saturated carbocycles. The maximum absolute atomic E-state index is 13.2. The maximum Gasteiger partial charge on any atom is 0.286 e. The van der Waals surface area contributed by atoms with Crippen molar-refractivity contribution in [3.8, 4) is 11.1 Å². The largest absolute Gasteiger partial charge is 0.459 e. The van der Waals surface area contributed by atoms with Crippen LogP contribution in [0.25, 0.3) is 11.1 Å². The van der Waals surface area contributed by atoms with E-state index in [-0.39, 0.29) is 36.0 Å². The van der Waals surface area contributed by atoms with Crippen molar-refractivity contribution >= 4 is 11.8 Å². The molecule has 2 heterocycles. The van der Waals surface area contributed by atoms with Gasteiger partial charge in [-0.1, -0.05) is 42.5 Å². The molecule has 5 rings (SSSR count). The number of nitrogens with one attached hydrogen (secondary N) is 1. The van der Waals surface area contributed by atoms with Crippen LogP contribution in [0, 0.1) is 5.92 Å². The number of amides is 2. The minimum absolute atomic E-state index is 0.0324. The van der Waals surface area contributed by atoms with Gasteiger partial charge in [-0.25, -0.2) is 0 Å². The van der Waals surface area contributed by atoms with Gasteiger partial charge in [0.25, 0.3) is 5.91 Å². The summed E-state index contributed by atoms with van der Waals surface area (Å²) in [7, 11) is 0. The van der Waals surface area contributed by atoms with Gasteiger partial charge in [-0.2, -0.15) is 0 Å². The van der Waals surface area contributed by atoms with Crippen LogP contribution in [-0.4, -0.2) is 61.0 Å². The van der Waals surface area contributed by atoms with Crippen LogP contribution in [0.3, 0.4) is 0 Å². The fraction of sp³-hybridized carbons (Fsp3) is 0.484. The van der Waals surface area contributed by atoms with Crippen LogP contribution in [0.2, 0.25) is 0 Å². The number of nitrogens with zero attached hydrogens (tertiary/aromatic N) is 1. The Hall–Kier alpha value is -3.16. The zero-order valence-electron chi connectivity index (χ0n) is 22.2. The highest BCUT2D eigenvalue weighted by Crippen LogP contribution is 2.45. The molecule has 2 N–H and O–H groups in total. The van der Waals surface area contributed by atoms with E-state index >= 15 is 0 Å². The first kappa shape index (κ1) is 26.4. The molecule has 2 aliphatic heterocycles.